The van der Waals surface area contributed by atoms with Gasteiger partial charge in [-0.05, 0) is 54.1 Å². The van der Waals surface area contributed by atoms with Crippen LogP contribution in [0.2, 0.25) is 0 Å². The zero-order chi connectivity index (χ0) is 25.2. The number of amides is 1. The van der Waals surface area contributed by atoms with Crippen molar-refractivity contribution >= 4 is 17.6 Å². The SMILES string of the molecule is O=C(CN(CCN1CCOCC1)Cc1ccc(C(=O)O)cc1)Nc1ccc(Oc2ccccc2)cc1. The number of morpholine rings is 1. The normalized spacial score (nSPS) is 13.9. The molecule has 1 amide bonds. The van der Waals surface area contributed by atoms with E-state index in [-0.39, 0.29) is 18.0 Å². The summed E-state index contributed by atoms with van der Waals surface area (Å²) in [4.78, 5) is 28.4. The van der Waals surface area contributed by atoms with Crippen molar-refractivity contribution in [2.24, 2.45) is 0 Å². The van der Waals surface area contributed by atoms with E-state index in [4.69, 9.17) is 14.6 Å². The molecule has 1 aliphatic rings. The zero-order valence-electron chi connectivity index (χ0n) is 20.1. The summed E-state index contributed by atoms with van der Waals surface area (Å²) in [5.74, 6) is 0.374. The summed E-state index contributed by atoms with van der Waals surface area (Å²) in [6.45, 7) is 5.50. The van der Waals surface area contributed by atoms with E-state index >= 15 is 0 Å². The van der Waals surface area contributed by atoms with Crippen molar-refractivity contribution < 1.29 is 24.2 Å². The molecular weight excluding hydrogens is 458 g/mol. The Morgan fingerprint density at radius 3 is 2.25 bits per heavy atom. The molecule has 0 unspecified atom stereocenters. The standard InChI is InChI=1S/C28H31N3O5/c32-27(29-24-10-12-26(13-11-24)36-25-4-2-1-3-5-25)21-31(15-14-30-16-18-35-19-17-30)20-22-6-8-23(9-7-22)28(33)34/h1-13H,14-21H2,(H,29,32)(H,33,34). The second kappa shape index (κ2) is 12.8. The third-order valence-corrected chi connectivity index (χ3v) is 5.93. The number of nitrogens with zero attached hydrogens (tertiary/aromatic N) is 2. The Labute approximate surface area is 211 Å². The van der Waals surface area contributed by atoms with Crippen LogP contribution in [0.3, 0.4) is 0 Å². The van der Waals surface area contributed by atoms with Gasteiger partial charge in [0.05, 0.1) is 25.3 Å². The fourth-order valence-electron chi connectivity index (χ4n) is 3.97. The number of carboxylic acid groups (broad SMARTS) is 1. The highest BCUT2D eigenvalue weighted by atomic mass is 16.5. The quantitative estimate of drug-likeness (QED) is 0.421. The van der Waals surface area contributed by atoms with Gasteiger partial charge < -0.3 is 19.9 Å². The van der Waals surface area contributed by atoms with E-state index in [2.05, 4.69) is 15.1 Å². The lowest BCUT2D eigenvalue weighted by Crippen LogP contribution is -2.43. The van der Waals surface area contributed by atoms with E-state index in [1.165, 1.54) is 0 Å². The zero-order valence-corrected chi connectivity index (χ0v) is 20.1. The first-order valence-corrected chi connectivity index (χ1v) is 12.0. The third kappa shape index (κ3) is 7.91. The van der Waals surface area contributed by atoms with E-state index < -0.39 is 5.97 Å². The predicted octanol–water partition coefficient (Wildman–Crippen LogP) is 3.95. The first kappa shape index (κ1) is 25.4. The first-order valence-electron chi connectivity index (χ1n) is 12.0. The Hall–Kier alpha value is -3.72. The molecule has 188 valence electrons. The molecule has 1 saturated heterocycles. The number of para-hydroxylation sites is 1. The second-order valence-electron chi connectivity index (χ2n) is 8.65. The Bertz CT molecular complexity index is 1110. The number of carboxylic acids is 1. The molecular formula is C28H31N3O5. The minimum atomic E-state index is -0.953. The minimum Gasteiger partial charge on any atom is -0.478 e. The number of carbonyl (C=O) groups excluding carboxylic acids is 1. The number of anilines is 1. The highest BCUT2D eigenvalue weighted by Crippen LogP contribution is 2.22. The smallest absolute Gasteiger partial charge is 0.335 e. The maximum atomic E-state index is 12.9. The Morgan fingerprint density at radius 2 is 1.58 bits per heavy atom. The van der Waals surface area contributed by atoms with Gasteiger partial charge in [-0.25, -0.2) is 4.79 Å². The highest BCUT2D eigenvalue weighted by Gasteiger charge is 2.16. The van der Waals surface area contributed by atoms with E-state index in [1.54, 1.807) is 24.3 Å². The molecule has 1 heterocycles. The van der Waals surface area contributed by atoms with Crippen molar-refractivity contribution in [1.82, 2.24) is 9.80 Å². The number of hydrogen-bond donors (Lipinski definition) is 2. The molecule has 0 aliphatic carbocycles. The molecule has 0 atom stereocenters. The number of ether oxygens (including phenoxy) is 2. The maximum absolute atomic E-state index is 12.9. The third-order valence-electron chi connectivity index (χ3n) is 5.93. The highest BCUT2D eigenvalue weighted by molar-refractivity contribution is 5.92. The van der Waals surface area contributed by atoms with Crippen LogP contribution >= 0.6 is 0 Å². The van der Waals surface area contributed by atoms with Crippen LogP contribution in [0, 0.1) is 0 Å². The fraction of sp³-hybridized carbons (Fsp3) is 0.286. The first-order chi connectivity index (χ1) is 17.5. The molecule has 0 bridgehead atoms. The number of rotatable bonds is 11. The van der Waals surface area contributed by atoms with Gasteiger partial charge in [0.15, 0.2) is 0 Å². The van der Waals surface area contributed by atoms with E-state index in [0.717, 1.165) is 44.2 Å². The average Bonchev–Trinajstić information content (AvgIpc) is 2.90. The van der Waals surface area contributed by atoms with Gasteiger partial charge in [-0.15, -0.1) is 0 Å². The molecule has 4 rings (SSSR count). The van der Waals surface area contributed by atoms with Crippen molar-refractivity contribution in [2.75, 3.05) is 51.3 Å². The van der Waals surface area contributed by atoms with Crippen molar-refractivity contribution in [1.29, 1.82) is 0 Å². The van der Waals surface area contributed by atoms with Crippen LogP contribution in [0.15, 0.2) is 78.9 Å². The Balaban J connectivity index is 1.35. The number of carbonyl (C=O) groups is 2. The van der Waals surface area contributed by atoms with Gasteiger partial charge in [0.1, 0.15) is 11.5 Å². The summed E-state index contributed by atoms with van der Waals surface area (Å²) >= 11 is 0. The van der Waals surface area contributed by atoms with Crippen LogP contribution in [0.5, 0.6) is 11.5 Å². The van der Waals surface area contributed by atoms with Gasteiger partial charge in [0.25, 0.3) is 0 Å². The second-order valence-corrected chi connectivity index (χ2v) is 8.65. The lowest BCUT2D eigenvalue weighted by molar-refractivity contribution is -0.117. The van der Waals surface area contributed by atoms with Crippen molar-refractivity contribution in [3.8, 4) is 11.5 Å². The maximum Gasteiger partial charge on any atom is 0.335 e. The van der Waals surface area contributed by atoms with Gasteiger partial charge in [0.2, 0.25) is 5.91 Å². The van der Waals surface area contributed by atoms with Crippen molar-refractivity contribution in [2.45, 2.75) is 6.54 Å². The molecule has 1 aliphatic heterocycles. The summed E-state index contributed by atoms with van der Waals surface area (Å²) in [5.41, 5.74) is 1.90. The van der Waals surface area contributed by atoms with E-state index in [0.29, 0.717) is 24.5 Å². The van der Waals surface area contributed by atoms with Gasteiger partial charge in [0, 0.05) is 38.4 Å². The molecule has 36 heavy (non-hydrogen) atoms. The molecule has 2 N–H and O–H groups in total. The predicted molar refractivity (Wildman–Crippen MR) is 138 cm³/mol. The number of benzene rings is 3. The van der Waals surface area contributed by atoms with Crippen LogP contribution in [0.4, 0.5) is 5.69 Å². The van der Waals surface area contributed by atoms with Gasteiger partial charge in [-0.1, -0.05) is 30.3 Å². The van der Waals surface area contributed by atoms with Crippen LogP contribution in [-0.2, 0) is 16.1 Å². The molecule has 3 aromatic rings. The van der Waals surface area contributed by atoms with E-state index in [9.17, 15) is 9.59 Å². The number of hydrogen-bond acceptors (Lipinski definition) is 6. The molecule has 1 fully saturated rings. The fourth-order valence-corrected chi connectivity index (χ4v) is 3.97. The van der Waals surface area contributed by atoms with Crippen molar-refractivity contribution in [3.05, 3.63) is 90.0 Å². The van der Waals surface area contributed by atoms with E-state index in [1.807, 2.05) is 54.6 Å². The molecule has 3 aromatic carbocycles. The number of nitrogens with one attached hydrogen (secondary N) is 1. The lowest BCUT2D eigenvalue weighted by Gasteiger charge is -2.30. The summed E-state index contributed by atoms with van der Waals surface area (Å²) < 4.78 is 11.2. The monoisotopic (exact) mass is 489 g/mol. The molecule has 0 aromatic heterocycles. The molecule has 8 nitrogen and oxygen atoms in total. The van der Waals surface area contributed by atoms with Crippen molar-refractivity contribution in [3.63, 3.8) is 0 Å². The lowest BCUT2D eigenvalue weighted by atomic mass is 10.1. The summed E-state index contributed by atoms with van der Waals surface area (Å²) in [7, 11) is 0. The van der Waals surface area contributed by atoms with Gasteiger partial charge in [-0.3, -0.25) is 14.6 Å². The van der Waals surface area contributed by atoms with Gasteiger partial charge in [-0.2, -0.15) is 0 Å². The summed E-state index contributed by atoms with van der Waals surface area (Å²) in [6, 6.07) is 23.6. The molecule has 0 saturated carbocycles. The molecule has 8 heteroatoms. The van der Waals surface area contributed by atoms with Crippen LogP contribution in [0.1, 0.15) is 15.9 Å². The van der Waals surface area contributed by atoms with Crippen LogP contribution < -0.4 is 10.1 Å². The minimum absolute atomic E-state index is 0.115. The largest absolute Gasteiger partial charge is 0.478 e. The molecule has 0 radical (unpaired) electrons. The average molecular weight is 490 g/mol. The topological polar surface area (TPSA) is 91.3 Å². The Morgan fingerprint density at radius 1 is 0.917 bits per heavy atom. The number of aromatic carboxylic acids is 1. The summed E-state index contributed by atoms with van der Waals surface area (Å²) in [5, 5.41) is 12.1. The molecule has 0 spiro atoms. The Kier molecular flexibility index (Phi) is 9.04. The van der Waals surface area contributed by atoms with Gasteiger partial charge >= 0.3 is 5.97 Å². The van der Waals surface area contributed by atoms with Crippen LogP contribution in [0.25, 0.3) is 0 Å². The van der Waals surface area contributed by atoms with Crippen LogP contribution in [-0.4, -0.2) is 72.7 Å². The summed E-state index contributed by atoms with van der Waals surface area (Å²) in [6.07, 6.45) is 0.